The molecule has 0 radical (unpaired) electrons. The van der Waals surface area contributed by atoms with Crippen molar-refractivity contribution in [2.24, 2.45) is 5.73 Å². The lowest BCUT2D eigenvalue weighted by Crippen LogP contribution is -2.22. The quantitative estimate of drug-likeness (QED) is 0.889. The van der Waals surface area contributed by atoms with Gasteiger partial charge in [-0.1, -0.05) is 23.7 Å². The van der Waals surface area contributed by atoms with Gasteiger partial charge in [-0.15, -0.1) is 11.3 Å². The highest BCUT2D eigenvalue weighted by Crippen LogP contribution is 2.21. The molecule has 3 N–H and O–H groups in total. The summed E-state index contributed by atoms with van der Waals surface area (Å²) in [5.41, 5.74) is 6.28. The number of rotatable bonds is 5. The zero-order valence-electron chi connectivity index (χ0n) is 9.97. The van der Waals surface area contributed by atoms with E-state index < -0.39 is 10.0 Å². The standard InChI is InChI=1S/C12H13ClN2O2S2/c13-10-3-1-2-9(6-10)8-15-19(16,17)12-5-4-11(7-14)18-12/h1-6,15H,7-8,14H2. The van der Waals surface area contributed by atoms with Crippen LogP contribution in [0.1, 0.15) is 10.4 Å². The largest absolute Gasteiger partial charge is 0.326 e. The van der Waals surface area contributed by atoms with Gasteiger partial charge in [-0.3, -0.25) is 0 Å². The number of benzene rings is 1. The van der Waals surface area contributed by atoms with Crippen molar-refractivity contribution in [2.75, 3.05) is 0 Å². The molecular formula is C12H13ClN2O2S2. The summed E-state index contributed by atoms with van der Waals surface area (Å²) in [4.78, 5) is 0.836. The summed E-state index contributed by atoms with van der Waals surface area (Å²) in [6.45, 7) is 0.549. The average Bonchev–Trinajstić information content (AvgIpc) is 2.86. The van der Waals surface area contributed by atoms with E-state index >= 15 is 0 Å². The Labute approximate surface area is 121 Å². The van der Waals surface area contributed by atoms with E-state index in [9.17, 15) is 8.42 Å². The maximum Gasteiger partial charge on any atom is 0.250 e. The maximum absolute atomic E-state index is 12.0. The summed E-state index contributed by atoms with van der Waals surface area (Å²) in [5, 5.41) is 0.582. The molecule has 1 aromatic carbocycles. The third kappa shape index (κ3) is 3.77. The van der Waals surface area contributed by atoms with Crippen molar-refractivity contribution >= 4 is 33.0 Å². The molecule has 2 aromatic rings. The van der Waals surface area contributed by atoms with Crippen LogP contribution in [0.2, 0.25) is 5.02 Å². The summed E-state index contributed by atoms with van der Waals surface area (Å²) < 4.78 is 26.9. The van der Waals surface area contributed by atoms with Crippen molar-refractivity contribution in [2.45, 2.75) is 17.3 Å². The minimum atomic E-state index is -3.49. The van der Waals surface area contributed by atoms with Gasteiger partial charge in [-0.05, 0) is 29.8 Å². The van der Waals surface area contributed by atoms with Crippen molar-refractivity contribution in [1.29, 1.82) is 0 Å². The molecule has 0 saturated heterocycles. The number of nitrogens with one attached hydrogen (secondary N) is 1. The highest BCUT2D eigenvalue weighted by molar-refractivity contribution is 7.91. The molecular weight excluding hydrogens is 304 g/mol. The first-order valence-corrected chi connectivity index (χ1v) is 8.22. The van der Waals surface area contributed by atoms with Gasteiger partial charge >= 0.3 is 0 Å². The minimum absolute atomic E-state index is 0.207. The van der Waals surface area contributed by atoms with Gasteiger partial charge in [0.25, 0.3) is 0 Å². The number of halogens is 1. The van der Waals surface area contributed by atoms with Crippen LogP contribution in [0.15, 0.2) is 40.6 Å². The molecule has 102 valence electrons. The predicted octanol–water partition coefficient (Wildman–Crippen LogP) is 2.34. The average molecular weight is 317 g/mol. The summed E-state index contributed by atoms with van der Waals surface area (Å²) in [6.07, 6.45) is 0. The molecule has 0 aliphatic heterocycles. The number of hydrogen-bond acceptors (Lipinski definition) is 4. The van der Waals surface area contributed by atoms with Gasteiger partial charge in [0.05, 0.1) is 0 Å². The highest BCUT2D eigenvalue weighted by atomic mass is 35.5. The SMILES string of the molecule is NCc1ccc(S(=O)(=O)NCc2cccc(Cl)c2)s1. The second-order valence-corrected chi connectivity index (χ2v) is 7.48. The second kappa shape index (κ2) is 6.02. The lowest BCUT2D eigenvalue weighted by molar-refractivity contribution is 0.583. The van der Waals surface area contributed by atoms with Crippen molar-refractivity contribution < 1.29 is 8.42 Å². The van der Waals surface area contributed by atoms with Crippen molar-refractivity contribution in [3.05, 3.63) is 51.9 Å². The van der Waals surface area contributed by atoms with Crippen LogP contribution >= 0.6 is 22.9 Å². The van der Waals surface area contributed by atoms with E-state index in [1.54, 1.807) is 30.3 Å². The van der Waals surface area contributed by atoms with E-state index in [0.29, 0.717) is 11.6 Å². The predicted molar refractivity (Wildman–Crippen MR) is 77.7 cm³/mol. The number of nitrogens with two attached hydrogens (primary N) is 1. The first kappa shape index (κ1) is 14.5. The molecule has 2 rings (SSSR count). The smallest absolute Gasteiger partial charge is 0.250 e. The third-order valence-corrected chi connectivity index (χ3v) is 5.69. The van der Waals surface area contributed by atoms with Gasteiger partial charge in [0, 0.05) is 23.0 Å². The van der Waals surface area contributed by atoms with Crippen LogP contribution in [0.5, 0.6) is 0 Å². The molecule has 4 nitrogen and oxygen atoms in total. The molecule has 0 amide bonds. The molecule has 0 bridgehead atoms. The molecule has 0 aliphatic carbocycles. The molecule has 1 aromatic heterocycles. The molecule has 0 saturated carbocycles. The maximum atomic E-state index is 12.0. The van der Waals surface area contributed by atoms with Gasteiger partial charge in [-0.25, -0.2) is 13.1 Å². The van der Waals surface area contributed by atoms with Gasteiger partial charge in [0.15, 0.2) is 0 Å². The summed E-state index contributed by atoms with van der Waals surface area (Å²) in [6, 6.07) is 10.3. The van der Waals surface area contributed by atoms with Gasteiger partial charge < -0.3 is 5.73 Å². The van der Waals surface area contributed by atoms with Gasteiger partial charge in [0.1, 0.15) is 4.21 Å². The zero-order chi connectivity index (χ0) is 13.9. The normalized spacial score (nSPS) is 11.7. The van der Waals surface area contributed by atoms with E-state index in [0.717, 1.165) is 10.4 Å². The van der Waals surface area contributed by atoms with Crippen LogP contribution in [-0.2, 0) is 23.1 Å². The van der Waals surface area contributed by atoms with E-state index in [4.69, 9.17) is 17.3 Å². The Morgan fingerprint density at radius 3 is 2.68 bits per heavy atom. The fourth-order valence-corrected chi connectivity index (χ4v) is 4.02. The molecule has 0 spiro atoms. The Balaban J connectivity index is 2.09. The first-order valence-electron chi connectivity index (χ1n) is 5.54. The molecule has 19 heavy (non-hydrogen) atoms. The Kier molecular flexibility index (Phi) is 4.59. The van der Waals surface area contributed by atoms with Crippen molar-refractivity contribution in [3.63, 3.8) is 0 Å². The number of hydrogen-bond donors (Lipinski definition) is 2. The molecule has 1 heterocycles. The Morgan fingerprint density at radius 1 is 1.26 bits per heavy atom. The molecule has 0 fully saturated rings. The van der Waals surface area contributed by atoms with Crippen LogP contribution in [-0.4, -0.2) is 8.42 Å². The van der Waals surface area contributed by atoms with E-state index in [1.165, 1.54) is 11.3 Å². The fourth-order valence-electron chi connectivity index (χ4n) is 1.51. The van der Waals surface area contributed by atoms with Gasteiger partial charge in [0.2, 0.25) is 10.0 Å². The third-order valence-electron chi connectivity index (χ3n) is 2.46. The molecule has 0 unspecified atom stereocenters. The lowest BCUT2D eigenvalue weighted by Gasteiger charge is -2.05. The van der Waals surface area contributed by atoms with Crippen molar-refractivity contribution in [1.82, 2.24) is 4.72 Å². The van der Waals surface area contributed by atoms with Crippen LogP contribution < -0.4 is 10.5 Å². The lowest BCUT2D eigenvalue weighted by atomic mass is 10.2. The second-order valence-electron chi connectivity index (χ2n) is 3.88. The van der Waals surface area contributed by atoms with E-state index in [-0.39, 0.29) is 10.8 Å². The molecule has 7 heteroatoms. The highest BCUT2D eigenvalue weighted by Gasteiger charge is 2.16. The molecule has 0 atom stereocenters. The van der Waals surface area contributed by atoms with E-state index in [1.807, 2.05) is 6.07 Å². The molecule has 0 aliphatic rings. The first-order chi connectivity index (χ1) is 9.01. The Hall–Kier alpha value is -0.920. The van der Waals surface area contributed by atoms with Crippen LogP contribution in [0.4, 0.5) is 0 Å². The van der Waals surface area contributed by atoms with Crippen molar-refractivity contribution in [3.8, 4) is 0 Å². The summed E-state index contributed by atoms with van der Waals surface area (Å²) in [5.74, 6) is 0. The Morgan fingerprint density at radius 2 is 2.05 bits per heavy atom. The Bertz CT molecular complexity index is 668. The van der Waals surface area contributed by atoms with Crippen LogP contribution in [0.25, 0.3) is 0 Å². The number of sulfonamides is 1. The summed E-state index contributed by atoms with van der Waals surface area (Å²) in [7, 11) is -3.49. The summed E-state index contributed by atoms with van der Waals surface area (Å²) >= 11 is 7.02. The minimum Gasteiger partial charge on any atom is -0.326 e. The van der Waals surface area contributed by atoms with Crippen LogP contribution in [0, 0.1) is 0 Å². The zero-order valence-corrected chi connectivity index (χ0v) is 12.4. The van der Waals surface area contributed by atoms with Gasteiger partial charge in [-0.2, -0.15) is 0 Å². The van der Waals surface area contributed by atoms with E-state index in [2.05, 4.69) is 4.72 Å². The monoisotopic (exact) mass is 316 g/mol. The number of thiophene rings is 1. The topological polar surface area (TPSA) is 72.2 Å². The van der Waals surface area contributed by atoms with Crippen LogP contribution in [0.3, 0.4) is 0 Å². The fraction of sp³-hybridized carbons (Fsp3) is 0.167.